The van der Waals surface area contributed by atoms with E-state index in [4.69, 9.17) is 9.47 Å². The average molecular weight is 401 g/mol. The van der Waals surface area contributed by atoms with Gasteiger partial charge in [-0.25, -0.2) is 0 Å². The molecule has 0 spiro atoms. The molecule has 2 heteroatoms. The lowest BCUT2D eigenvalue weighted by Crippen LogP contribution is -1.97. The van der Waals surface area contributed by atoms with Crippen molar-refractivity contribution in [1.82, 2.24) is 0 Å². The summed E-state index contributed by atoms with van der Waals surface area (Å²) < 4.78 is 11.1. The average Bonchev–Trinajstić information content (AvgIpc) is 2.71. The molecule has 0 amide bonds. The van der Waals surface area contributed by atoms with Crippen molar-refractivity contribution in [3.8, 4) is 0 Å². The second kappa shape index (κ2) is 31.6. The SMILES string of the molecule is CCCCCCCOCCCCCCC.CCCCCCOCCCCCC. The zero-order chi connectivity index (χ0) is 21.0. The normalized spacial score (nSPS) is 10.7. The van der Waals surface area contributed by atoms with Crippen molar-refractivity contribution < 1.29 is 9.47 Å². The first-order valence-electron chi connectivity index (χ1n) is 13.0. The van der Waals surface area contributed by atoms with Crippen LogP contribution in [-0.4, -0.2) is 26.4 Å². The molecule has 0 rings (SSSR count). The molecule has 0 saturated heterocycles. The van der Waals surface area contributed by atoms with Crippen LogP contribution in [0.5, 0.6) is 0 Å². The van der Waals surface area contributed by atoms with Gasteiger partial charge in [-0.2, -0.15) is 0 Å². The Hall–Kier alpha value is -0.0800. The monoisotopic (exact) mass is 400 g/mol. The summed E-state index contributed by atoms with van der Waals surface area (Å²) >= 11 is 0. The zero-order valence-electron chi connectivity index (χ0n) is 20.4. The van der Waals surface area contributed by atoms with Crippen LogP contribution in [0, 0.1) is 0 Å². The van der Waals surface area contributed by atoms with Crippen molar-refractivity contribution in [2.45, 2.75) is 143 Å². The molecule has 0 heterocycles. The van der Waals surface area contributed by atoms with Gasteiger partial charge in [0.1, 0.15) is 0 Å². The summed E-state index contributed by atoms with van der Waals surface area (Å²) in [6.45, 7) is 12.9. The largest absolute Gasteiger partial charge is 0.381 e. The van der Waals surface area contributed by atoms with Crippen LogP contribution in [-0.2, 0) is 9.47 Å². The fourth-order valence-corrected chi connectivity index (χ4v) is 3.08. The van der Waals surface area contributed by atoms with E-state index in [9.17, 15) is 0 Å². The van der Waals surface area contributed by atoms with E-state index in [1.165, 1.54) is 116 Å². The molecule has 0 aliphatic heterocycles. The lowest BCUT2D eigenvalue weighted by atomic mass is 10.1. The van der Waals surface area contributed by atoms with Gasteiger partial charge in [-0.15, -0.1) is 0 Å². The van der Waals surface area contributed by atoms with Crippen molar-refractivity contribution in [2.24, 2.45) is 0 Å². The Morgan fingerprint density at radius 3 is 0.750 bits per heavy atom. The Bertz CT molecular complexity index is 208. The second-order valence-electron chi connectivity index (χ2n) is 8.17. The third-order valence-corrected chi connectivity index (χ3v) is 5.07. The quantitative estimate of drug-likeness (QED) is 0.169. The molecule has 0 bridgehead atoms. The molecule has 0 aromatic heterocycles. The molecule has 0 fully saturated rings. The van der Waals surface area contributed by atoms with Crippen molar-refractivity contribution >= 4 is 0 Å². The smallest absolute Gasteiger partial charge is 0.0466 e. The molecule has 0 unspecified atom stereocenters. The third-order valence-electron chi connectivity index (χ3n) is 5.07. The molecule has 0 aromatic carbocycles. The molecule has 2 nitrogen and oxygen atoms in total. The second-order valence-corrected chi connectivity index (χ2v) is 8.17. The Labute approximate surface area is 179 Å². The molecule has 0 aliphatic carbocycles. The van der Waals surface area contributed by atoms with Crippen LogP contribution in [0.15, 0.2) is 0 Å². The van der Waals surface area contributed by atoms with Crippen molar-refractivity contribution in [1.29, 1.82) is 0 Å². The van der Waals surface area contributed by atoms with E-state index in [0.29, 0.717) is 0 Å². The highest BCUT2D eigenvalue weighted by molar-refractivity contribution is 4.44. The fraction of sp³-hybridized carbons (Fsp3) is 1.00. The molecule has 0 saturated carbocycles. The van der Waals surface area contributed by atoms with E-state index >= 15 is 0 Å². The summed E-state index contributed by atoms with van der Waals surface area (Å²) in [6, 6.07) is 0. The molecule has 0 atom stereocenters. The van der Waals surface area contributed by atoms with Crippen LogP contribution >= 0.6 is 0 Å². The maximum absolute atomic E-state index is 5.59. The lowest BCUT2D eigenvalue weighted by molar-refractivity contribution is 0.125. The summed E-state index contributed by atoms with van der Waals surface area (Å²) in [5, 5.41) is 0. The summed E-state index contributed by atoms with van der Waals surface area (Å²) in [4.78, 5) is 0. The third kappa shape index (κ3) is 33.5. The van der Waals surface area contributed by atoms with Gasteiger partial charge in [0.05, 0.1) is 0 Å². The van der Waals surface area contributed by atoms with Crippen molar-refractivity contribution in [3.05, 3.63) is 0 Å². The number of hydrogen-bond acceptors (Lipinski definition) is 2. The van der Waals surface area contributed by atoms with Gasteiger partial charge in [-0.3, -0.25) is 0 Å². The van der Waals surface area contributed by atoms with Crippen molar-refractivity contribution in [2.75, 3.05) is 26.4 Å². The minimum Gasteiger partial charge on any atom is -0.381 e. The Morgan fingerprint density at radius 2 is 0.500 bits per heavy atom. The standard InChI is InChI=1S/C14H30O.C12H26O/c1-3-5-7-9-11-13-15-14-12-10-8-6-4-2;1-3-5-7-9-11-13-12-10-8-6-4-2/h3-14H2,1-2H3;3-12H2,1-2H3. The van der Waals surface area contributed by atoms with E-state index in [1.54, 1.807) is 0 Å². The highest BCUT2D eigenvalue weighted by Gasteiger charge is 1.92. The molecule has 28 heavy (non-hydrogen) atoms. The van der Waals surface area contributed by atoms with Gasteiger partial charge in [0.15, 0.2) is 0 Å². The van der Waals surface area contributed by atoms with E-state index in [-0.39, 0.29) is 0 Å². The first-order chi connectivity index (χ1) is 13.8. The summed E-state index contributed by atoms with van der Waals surface area (Å²) in [6.07, 6.45) is 24.0. The van der Waals surface area contributed by atoms with Gasteiger partial charge >= 0.3 is 0 Å². The van der Waals surface area contributed by atoms with E-state index in [0.717, 1.165) is 26.4 Å². The molecular weight excluding hydrogens is 344 g/mol. The van der Waals surface area contributed by atoms with Gasteiger partial charge in [0.25, 0.3) is 0 Å². The van der Waals surface area contributed by atoms with Crippen LogP contribution in [0.3, 0.4) is 0 Å². The Kier molecular flexibility index (Phi) is 34.0. The highest BCUT2D eigenvalue weighted by Crippen LogP contribution is 2.05. The van der Waals surface area contributed by atoms with Crippen LogP contribution in [0.1, 0.15) is 143 Å². The first-order valence-corrected chi connectivity index (χ1v) is 13.0. The molecule has 0 radical (unpaired) electrons. The van der Waals surface area contributed by atoms with Gasteiger partial charge in [-0.05, 0) is 25.7 Å². The maximum Gasteiger partial charge on any atom is 0.0466 e. The zero-order valence-corrected chi connectivity index (χ0v) is 20.4. The topological polar surface area (TPSA) is 18.5 Å². The predicted molar refractivity (Wildman–Crippen MR) is 127 cm³/mol. The maximum atomic E-state index is 5.59. The molecular formula is C26H56O2. The summed E-state index contributed by atoms with van der Waals surface area (Å²) in [5.74, 6) is 0. The number of rotatable bonds is 22. The molecule has 0 aliphatic rings. The van der Waals surface area contributed by atoms with Crippen LogP contribution in [0.25, 0.3) is 0 Å². The Morgan fingerprint density at radius 1 is 0.286 bits per heavy atom. The molecule has 0 N–H and O–H groups in total. The number of ether oxygens (including phenoxy) is 2. The minimum atomic E-state index is 0.978. The van der Waals surface area contributed by atoms with Gasteiger partial charge in [-0.1, -0.05) is 118 Å². The first kappa shape index (κ1) is 30.1. The van der Waals surface area contributed by atoms with Crippen LogP contribution in [0.4, 0.5) is 0 Å². The fourth-order valence-electron chi connectivity index (χ4n) is 3.08. The van der Waals surface area contributed by atoms with E-state index in [1.807, 2.05) is 0 Å². The number of hydrogen-bond donors (Lipinski definition) is 0. The van der Waals surface area contributed by atoms with Crippen LogP contribution in [0.2, 0.25) is 0 Å². The van der Waals surface area contributed by atoms with E-state index < -0.39 is 0 Å². The number of unbranched alkanes of at least 4 members (excludes halogenated alkanes) is 14. The molecule has 172 valence electrons. The van der Waals surface area contributed by atoms with Gasteiger partial charge < -0.3 is 9.47 Å². The summed E-state index contributed by atoms with van der Waals surface area (Å²) in [7, 11) is 0. The van der Waals surface area contributed by atoms with Crippen LogP contribution < -0.4 is 0 Å². The van der Waals surface area contributed by atoms with Gasteiger partial charge in [0, 0.05) is 26.4 Å². The van der Waals surface area contributed by atoms with Gasteiger partial charge in [0.2, 0.25) is 0 Å². The summed E-state index contributed by atoms with van der Waals surface area (Å²) in [5.41, 5.74) is 0. The van der Waals surface area contributed by atoms with E-state index in [2.05, 4.69) is 27.7 Å². The predicted octanol–water partition coefficient (Wildman–Crippen LogP) is 9.11. The highest BCUT2D eigenvalue weighted by atomic mass is 16.5. The minimum absolute atomic E-state index is 0.978. The van der Waals surface area contributed by atoms with Crippen molar-refractivity contribution in [3.63, 3.8) is 0 Å². The Balaban J connectivity index is 0. The molecule has 0 aromatic rings. The lowest BCUT2D eigenvalue weighted by Gasteiger charge is -2.03.